The third kappa shape index (κ3) is 3.14. The molecule has 8 heteroatoms. The molecule has 2 N–H and O–H groups in total. The van der Waals surface area contributed by atoms with Crippen LogP contribution < -0.4 is 10.6 Å². The third-order valence-corrected chi connectivity index (χ3v) is 5.20. The number of carbonyl (C=O) groups is 3. The van der Waals surface area contributed by atoms with Crippen LogP contribution in [0.25, 0.3) is 0 Å². The molecule has 0 spiro atoms. The highest BCUT2D eigenvalue weighted by molar-refractivity contribution is 6.37. The Kier molecular flexibility index (Phi) is 4.80. The van der Waals surface area contributed by atoms with E-state index in [0.29, 0.717) is 41.7 Å². The summed E-state index contributed by atoms with van der Waals surface area (Å²) in [4.78, 5) is 39.4. The molecule has 2 heterocycles. The average Bonchev–Trinajstić information content (AvgIpc) is 2.84. The lowest BCUT2D eigenvalue weighted by atomic mass is 9.95. The fraction of sp³-hybridized carbons (Fsp3) is 0.438. The Labute approximate surface area is 149 Å². The number of likely N-dealkylation sites (tertiary alicyclic amines) is 1. The molecule has 0 saturated carbocycles. The maximum Gasteiger partial charge on any atom is 0.251 e. The monoisotopic (exact) mass is 369 g/mol. The number of hydrogen-bond acceptors (Lipinski definition) is 4. The quantitative estimate of drug-likeness (QED) is 0.823. The largest absolute Gasteiger partial charge is 0.369 e. The Morgan fingerprint density at radius 2 is 1.83 bits per heavy atom. The Balaban J connectivity index is 1.78. The van der Waals surface area contributed by atoms with Crippen molar-refractivity contribution in [2.75, 3.05) is 18.0 Å². The molecular formula is C16H17Cl2N3O3. The second-order valence-corrected chi connectivity index (χ2v) is 6.94. The van der Waals surface area contributed by atoms with Crippen molar-refractivity contribution in [1.82, 2.24) is 4.90 Å². The standard InChI is InChI=1S/C16H17Cl2N3O3/c17-10-1-2-11(18)12(7-10)21-14(22)8-13(16(21)24)20-5-3-9(4-6-20)15(19)23/h1-2,7,9,13H,3-6,8H2,(H2,19,23)/t13-/m0/s1. The topological polar surface area (TPSA) is 83.7 Å². The minimum absolute atomic E-state index is 0.100. The van der Waals surface area contributed by atoms with Gasteiger partial charge < -0.3 is 5.73 Å². The highest BCUT2D eigenvalue weighted by Gasteiger charge is 2.44. The first-order chi connectivity index (χ1) is 11.4. The van der Waals surface area contributed by atoms with Gasteiger partial charge in [0, 0.05) is 10.9 Å². The lowest BCUT2D eigenvalue weighted by molar-refractivity contribution is -0.124. The van der Waals surface area contributed by atoms with Gasteiger partial charge in [0.05, 0.1) is 23.2 Å². The predicted molar refractivity (Wildman–Crippen MR) is 90.9 cm³/mol. The summed E-state index contributed by atoms with van der Waals surface area (Å²) in [5.41, 5.74) is 5.64. The van der Waals surface area contributed by atoms with Gasteiger partial charge in [-0.1, -0.05) is 23.2 Å². The fourth-order valence-electron chi connectivity index (χ4n) is 3.31. The maximum absolute atomic E-state index is 12.8. The van der Waals surface area contributed by atoms with Crippen LogP contribution in [0.1, 0.15) is 19.3 Å². The first-order valence-corrected chi connectivity index (χ1v) is 8.49. The zero-order valence-electron chi connectivity index (χ0n) is 12.9. The van der Waals surface area contributed by atoms with E-state index in [-0.39, 0.29) is 30.1 Å². The zero-order valence-corrected chi connectivity index (χ0v) is 14.4. The lowest BCUT2D eigenvalue weighted by Crippen LogP contribution is -2.47. The Bertz CT molecular complexity index is 702. The van der Waals surface area contributed by atoms with Crippen LogP contribution >= 0.6 is 23.2 Å². The second-order valence-electron chi connectivity index (χ2n) is 6.10. The average molecular weight is 370 g/mol. The molecule has 128 valence electrons. The molecule has 0 aromatic heterocycles. The molecule has 24 heavy (non-hydrogen) atoms. The van der Waals surface area contributed by atoms with E-state index in [0.717, 1.165) is 4.90 Å². The molecule has 1 atom stereocenters. The van der Waals surface area contributed by atoms with Gasteiger partial charge in [-0.05, 0) is 44.1 Å². The van der Waals surface area contributed by atoms with E-state index >= 15 is 0 Å². The van der Waals surface area contributed by atoms with Crippen molar-refractivity contribution in [3.63, 3.8) is 0 Å². The van der Waals surface area contributed by atoms with Crippen molar-refractivity contribution in [1.29, 1.82) is 0 Å². The van der Waals surface area contributed by atoms with Gasteiger partial charge in [-0.3, -0.25) is 19.3 Å². The molecule has 6 nitrogen and oxygen atoms in total. The SMILES string of the molecule is NC(=O)C1CCN([C@H]2CC(=O)N(c3cc(Cl)ccc3Cl)C2=O)CC1. The Hall–Kier alpha value is -1.63. The van der Waals surface area contributed by atoms with Gasteiger partial charge in [-0.15, -0.1) is 0 Å². The molecule has 0 unspecified atom stereocenters. The fourth-order valence-corrected chi connectivity index (χ4v) is 3.68. The molecule has 2 aliphatic rings. The van der Waals surface area contributed by atoms with E-state index < -0.39 is 6.04 Å². The van der Waals surface area contributed by atoms with Crippen molar-refractivity contribution in [3.8, 4) is 0 Å². The molecule has 0 bridgehead atoms. The van der Waals surface area contributed by atoms with Crippen LogP contribution in [0.15, 0.2) is 18.2 Å². The van der Waals surface area contributed by atoms with E-state index in [2.05, 4.69) is 0 Å². The number of hydrogen-bond donors (Lipinski definition) is 1. The minimum atomic E-state index is -0.527. The maximum atomic E-state index is 12.8. The number of anilines is 1. The highest BCUT2D eigenvalue weighted by Crippen LogP contribution is 2.34. The molecule has 1 aromatic rings. The molecule has 0 radical (unpaired) electrons. The first-order valence-electron chi connectivity index (χ1n) is 7.73. The van der Waals surface area contributed by atoms with Crippen LogP contribution in [-0.2, 0) is 14.4 Å². The van der Waals surface area contributed by atoms with Gasteiger partial charge in [0.15, 0.2) is 0 Å². The molecule has 2 fully saturated rings. The van der Waals surface area contributed by atoms with Crippen LogP contribution in [0.5, 0.6) is 0 Å². The molecule has 0 aliphatic carbocycles. The minimum Gasteiger partial charge on any atom is -0.369 e. The van der Waals surface area contributed by atoms with Crippen LogP contribution in [-0.4, -0.2) is 41.8 Å². The summed E-state index contributed by atoms with van der Waals surface area (Å²) in [6.07, 6.45) is 1.30. The number of nitrogens with zero attached hydrogens (tertiary/aromatic N) is 2. The van der Waals surface area contributed by atoms with Gasteiger partial charge >= 0.3 is 0 Å². The molecular weight excluding hydrogens is 353 g/mol. The molecule has 1 aromatic carbocycles. The summed E-state index contributed by atoms with van der Waals surface area (Å²) < 4.78 is 0. The van der Waals surface area contributed by atoms with Gasteiger partial charge in [-0.25, -0.2) is 4.90 Å². The molecule has 2 aliphatic heterocycles. The van der Waals surface area contributed by atoms with E-state index in [1.165, 1.54) is 6.07 Å². The number of primary amides is 1. The summed E-state index contributed by atoms with van der Waals surface area (Å²) in [6.45, 7) is 1.13. The number of imide groups is 1. The Morgan fingerprint density at radius 3 is 2.46 bits per heavy atom. The van der Waals surface area contributed by atoms with Gasteiger partial charge in [0.1, 0.15) is 0 Å². The Morgan fingerprint density at radius 1 is 1.17 bits per heavy atom. The van der Waals surface area contributed by atoms with Crippen LogP contribution in [0, 0.1) is 5.92 Å². The summed E-state index contributed by atoms with van der Waals surface area (Å²) in [7, 11) is 0. The number of rotatable bonds is 3. The number of benzene rings is 1. The van der Waals surface area contributed by atoms with E-state index in [1.54, 1.807) is 12.1 Å². The highest BCUT2D eigenvalue weighted by atomic mass is 35.5. The zero-order chi connectivity index (χ0) is 17.4. The predicted octanol–water partition coefficient (Wildman–Crippen LogP) is 1.82. The number of nitrogens with two attached hydrogens (primary N) is 1. The number of piperidine rings is 1. The van der Waals surface area contributed by atoms with Gasteiger partial charge in [0.2, 0.25) is 11.8 Å². The van der Waals surface area contributed by atoms with Crippen LogP contribution in [0.3, 0.4) is 0 Å². The van der Waals surface area contributed by atoms with Crippen molar-refractivity contribution >= 4 is 46.6 Å². The summed E-state index contributed by atoms with van der Waals surface area (Å²) in [6, 6.07) is 4.15. The van der Waals surface area contributed by atoms with Crippen molar-refractivity contribution in [2.24, 2.45) is 11.7 Å². The third-order valence-electron chi connectivity index (χ3n) is 4.64. The van der Waals surface area contributed by atoms with Gasteiger partial charge in [0.25, 0.3) is 5.91 Å². The first kappa shape index (κ1) is 17.2. The lowest BCUT2D eigenvalue weighted by Gasteiger charge is -2.33. The van der Waals surface area contributed by atoms with Crippen LogP contribution in [0.4, 0.5) is 5.69 Å². The van der Waals surface area contributed by atoms with E-state index in [9.17, 15) is 14.4 Å². The second kappa shape index (κ2) is 6.70. The number of halogens is 2. The molecule has 3 amide bonds. The number of amides is 3. The van der Waals surface area contributed by atoms with E-state index in [4.69, 9.17) is 28.9 Å². The summed E-state index contributed by atoms with van der Waals surface area (Å²) >= 11 is 12.1. The molecule has 3 rings (SSSR count). The summed E-state index contributed by atoms with van der Waals surface area (Å²) in [5, 5.41) is 0.704. The smallest absolute Gasteiger partial charge is 0.251 e. The van der Waals surface area contributed by atoms with Gasteiger partial charge in [-0.2, -0.15) is 0 Å². The van der Waals surface area contributed by atoms with E-state index in [1.807, 2.05) is 4.90 Å². The summed E-state index contributed by atoms with van der Waals surface area (Å²) in [5.74, 6) is -1.07. The van der Waals surface area contributed by atoms with Crippen molar-refractivity contribution in [3.05, 3.63) is 28.2 Å². The van der Waals surface area contributed by atoms with Crippen molar-refractivity contribution < 1.29 is 14.4 Å². The molecule has 2 saturated heterocycles. The van der Waals surface area contributed by atoms with Crippen molar-refractivity contribution in [2.45, 2.75) is 25.3 Å². The van der Waals surface area contributed by atoms with Crippen LogP contribution in [0.2, 0.25) is 10.0 Å². The normalized spacial score (nSPS) is 23.1. The number of carbonyl (C=O) groups excluding carboxylic acids is 3.